The lowest BCUT2D eigenvalue weighted by atomic mass is 9.90. The molecule has 0 amide bonds. The van der Waals surface area contributed by atoms with E-state index in [1.54, 1.807) is 12.3 Å². The highest BCUT2D eigenvalue weighted by atomic mass is 35.5. The number of fused-ring (bicyclic) bond motifs is 1. The first kappa shape index (κ1) is 24.3. The van der Waals surface area contributed by atoms with Crippen molar-refractivity contribution in [3.63, 3.8) is 0 Å². The van der Waals surface area contributed by atoms with E-state index in [1.165, 1.54) is 31.0 Å². The third-order valence-electron chi connectivity index (χ3n) is 6.07. The Hall–Kier alpha value is -3.43. The molecular weight excluding hydrogens is 501 g/mol. The number of halogens is 2. The molecule has 0 radical (unpaired) electrons. The number of imidazole rings is 1. The summed E-state index contributed by atoms with van der Waals surface area (Å²) in [5.74, 6) is -0.312. The number of carbonyl (C=O) groups is 1. The summed E-state index contributed by atoms with van der Waals surface area (Å²) in [6.07, 6.45) is 2.01. The molecule has 184 valence electrons. The van der Waals surface area contributed by atoms with Crippen molar-refractivity contribution < 1.29 is 13.9 Å². The van der Waals surface area contributed by atoms with Gasteiger partial charge in [-0.2, -0.15) is 0 Å². The number of rotatable bonds is 6. The van der Waals surface area contributed by atoms with Crippen LogP contribution in [0.1, 0.15) is 23.7 Å². The quantitative estimate of drug-likeness (QED) is 0.267. The monoisotopic (exact) mass is 523 g/mol. The molecule has 0 spiro atoms. The van der Waals surface area contributed by atoms with Crippen molar-refractivity contribution in [3.05, 3.63) is 89.0 Å². The number of amidine groups is 1. The molecule has 2 aromatic carbocycles. The molecule has 2 aromatic heterocycles. The highest BCUT2D eigenvalue weighted by Crippen LogP contribution is 2.36. The highest BCUT2D eigenvalue weighted by Gasteiger charge is 2.37. The number of aromatic amines is 1. The summed E-state index contributed by atoms with van der Waals surface area (Å²) in [5.41, 5.74) is 3.08. The van der Waals surface area contributed by atoms with E-state index >= 15 is 0 Å². The zero-order chi connectivity index (χ0) is 25.1. The third-order valence-corrected chi connectivity index (χ3v) is 7.39. The zero-order valence-corrected chi connectivity index (χ0v) is 20.9. The molecule has 1 aliphatic heterocycles. The van der Waals surface area contributed by atoms with Gasteiger partial charge < -0.3 is 15.0 Å². The minimum atomic E-state index is -0.553. The van der Waals surface area contributed by atoms with Crippen LogP contribution in [0, 0.1) is 11.7 Å². The molecule has 10 heteroatoms. The molecule has 4 aromatic rings. The van der Waals surface area contributed by atoms with Crippen LogP contribution in [0.3, 0.4) is 0 Å². The van der Waals surface area contributed by atoms with Crippen LogP contribution in [0.2, 0.25) is 5.02 Å². The Kier molecular flexibility index (Phi) is 7.20. The average molecular weight is 524 g/mol. The standard InChI is InChI=1S/C26H23ClFN5O2S/c1-35-25(34)17-13-22(16-10-9-15(28)12-18(16)27)30-24(21-8-4-5-11-29-21)31-23(17)14-36-26-32-19-6-2-3-7-20(19)33-26/h2-12,17,22-23H,13-14H2,1H3,(H,30,31)(H,32,33). The molecule has 0 saturated carbocycles. The molecule has 0 fully saturated rings. The van der Waals surface area contributed by atoms with Gasteiger partial charge in [-0.15, -0.1) is 0 Å². The van der Waals surface area contributed by atoms with Crippen LogP contribution >= 0.6 is 23.4 Å². The molecule has 36 heavy (non-hydrogen) atoms. The number of hydrogen-bond acceptors (Lipinski definition) is 7. The van der Waals surface area contributed by atoms with E-state index in [9.17, 15) is 9.18 Å². The lowest BCUT2D eigenvalue weighted by Gasteiger charge is -2.25. The molecular formula is C26H23ClFN5O2S. The van der Waals surface area contributed by atoms with Crippen molar-refractivity contribution in [2.45, 2.75) is 23.7 Å². The molecule has 0 aliphatic carbocycles. The first-order valence-electron chi connectivity index (χ1n) is 11.4. The maximum Gasteiger partial charge on any atom is 0.310 e. The van der Waals surface area contributed by atoms with Crippen LogP contribution in [-0.2, 0) is 9.53 Å². The molecule has 3 heterocycles. The van der Waals surface area contributed by atoms with Gasteiger partial charge in [-0.25, -0.2) is 9.37 Å². The number of carbonyl (C=O) groups excluding carboxylic acids is 1. The first-order chi connectivity index (χ1) is 17.5. The molecule has 1 aliphatic rings. The molecule has 3 unspecified atom stereocenters. The number of methoxy groups -OCH3 is 1. The topological polar surface area (TPSA) is 92.3 Å². The summed E-state index contributed by atoms with van der Waals surface area (Å²) in [4.78, 5) is 30.3. The zero-order valence-electron chi connectivity index (χ0n) is 19.3. The number of ether oxygens (including phenoxy) is 1. The second-order valence-corrected chi connectivity index (χ2v) is 9.78. The second kappa shape index (κ2) is 10.7. The van der Waals surface area contributed by atoms with Crippen molar-refractivity contribution in [1.82, 2.24) is 20.3 Å². The average Bonchev–Trinajstić information content (AvgIpc) is 3.21. The smallest absolute Gasteiger partial charge is 0.310 e. The van der Waals surface area contributed by atoms with E-state index in [2.05, 4.69) is 20.3 Å². The molecule has 2 N–H and O–H groups in total. The minimum absolute atomic E-state index is 0.253. The Morgan fingerprint density at radius 2 is 2.03 bits per heavy atom. The number of H-pyrrole nitrogens is 1. The number of thioether (sulfide) groups is 1. The highest BCUT2D eigenvalue weighted by molar-refractivity contribution is 7.99. The van der Waals surface area contributed by atoms with Gasteiger partial charge in [-0.05, 0) is 48.4 Å². The van der Waals surface area contributed by atoms with Crippen molar-refractivity contribution in [2.75, 3.05) is 12.9 Å². The van der Waals surface area contributed by atoms with Crippen LogP contribution in [0.4, 0.5) is 4.39 Å². The number of nitrogens with zero attached hydrogens (tertiary/aromatic N) is 3. The number of nitrogens with one attached hydrogen (secondary N) is 2. The van der Waals surface area contributed by atoms with E-state index in [0.717, 1.165) is 16.2 Å². The van der Waals surface area contributed by atoms with Gasteiger partial charge in [0.05, 0.1) is 36.1 Å². The van der Waals surface area contributed by atoms with Gasteiger partial charge in [-0.3, -0.25) is 14.8 Å². The van der Waals surface area contributed by atoms with Gasteiger partial charge in [-0.1, -0.05) is 47.6 Å². The van der Waals surface area contributed by atoms with Crippen LogP contribution in [-0.4, -0.2) is 45.7 Å². The minimum Gasteiger partial charge on any atom is -0.469 e. The maximum absolute atomic E-state index is 13.8. The summed E-state index contributed by atoms with van der Waals surface area (Å²) in [6.45, 7) is 0. The Labute approximate surface area is 216 Å². The summed E-state index contributed by atoms with van der Waals surface area (Å²) < 4.78 is 18.9. The Morgan fingerprint density at radius 1 is 1.19 bits per heavy atom. The van der Waals surface area contributed by atoms with Crippen LogP contribution in [0.25, 0.3) is 11.0 Å². The van der Waals surface area contributed by atoms with Crippen LogP contribution < -0.4 is 5.32 Å². The Morgan fingerprint density at radius 3 is 2.78 bits per heavy atom. The van der Waals surface area contributed by atoms with Crippen molar-refractivity contribution in [3.8, 4) is 0 Å². The van der Waals surface area contributed by atoms with E-state index in [4.69, 9.17) is 21.3 Å². The maximum atomic E-state index is 13.8. The summed E-state index contributed by atoms with van der Waals surface area (Å²) in [5, 5.41) is 4.44. The number of benzene rings is 2. The lowest BCUT2D eigenvalue weighted by Crippen LogP contribution is -2.44. The number of pyridine rings is 1. The van der Waals surface area contributed by atoms with Gasteiger partial charge in [0, 0.05) is 17.0 Å². The van der Waals surface area contributed by atoms with E-state index in [1.807, 2.05) is 42.5 Å². The van der Waals surface area contributed by atoms with Gasteiger partial charge in [0.1, 0.15) is 17.3 Å². The largest absolute Gasteiger partial charge is 0.469 e. The summed E-state index contributed by atoms with van der Waals surface area (Å²) >= 11 is 7.91. The third kappa shape index (κ3) is 5.22. The fourth-order valence-electron chi connectivity index (χ4n) is 4.27. The fraction of sp³-hybridized carbons (Fsp3) is 0.231. The van der Waals surface area contributed by atoms with Crippen LogP contribution in [0.15, 0.2) is 77.0 Å². The predicted octanol–water partition coefficient (Wildman–Crippen LogP) is 5.18. The van der Waals surface area contributed by atoms with Crippen molar-refractivity contribution in [1.29, 1.82) is 0 Å². The van der Waals surface area contributed by atoms with Gasteiger partial charge >= 0.3 is 5.97 Å². The SMILES string of the molecule is COC(=O)C1CC(c2ccc(F)cc2Cl)N=C(c2ccccn2)NC1CSc1nc2ccccc2[nH]1. The number of hydrogen-bond donors (Lipinski definition) is 2. The fourth-order valence-corrected chi connectivity index (χ4v) is 5.57. The number of aliphatic imine (C=N–C) groups is 1. The van der Waals surface area contributed by atoms with Gasteiger partial charge in [0.25, 0.3) is 0 Å². The number of esters is 1. The first-order valence-corrected chi connectivity index (χ1v) is 12.7. The molecule has 3 atom stereocenters. The van der Waals surface area contributed by atoms with E-state index in [0.29, 0.717) is 29.3 Å². The second-order valence-electron chi connectivity index (χ2n) is 8.36. The lowest BCUT2D eigenvalue weighted by molar-refractivity contribution is -0.146. The number of aromatic nitrogens is 3. The Balaban J connectivity index is 1.50. The molecule has 0 saturated heterocycles. The van der Waals surface area contributed by atoms with Crippen molar-refractivity contribution >= 4 is 46.2 Å². The predicted molar refractivity (Wildman–Crippen MR) is 139 cm³/mol. The normalized spacial score (nSPS) is 19.9. The van der Waals surface area contributed by atoms with Crippen molar-refractivity contribution in [2.24, 2.45) is 10.9 Å². The van der Waals surface area contributed by atoms with E-state index < -0.39 is 17.8 Å². The Bertz CT molecular complexity index is 1380. The summed E-state index contributed by atoms with van der Waals surface area (Å²) in [6, 6.07) is 16.7. The van der Waals surface area contributed by atoms with Crippen LogP contribution in [0.5, 0.6) is 0 Å². The summed E-state index contributed by atoms with van der Waals surface area (Å²) in [7, 11) is 1.37. The molecule has 0 bridgehead atoms. The van der Waals surface area contributed by atoms with E-state index in [-0.39, 0.29) is 17.0 Å². The number of para-hydroxylation sites is 2. The molecule has 5 rings (SSSR count). The molecule has 7 nitrogen and oxygen atoms in total. The van der Waals surface area contributed by atoms with Gasteiger partial charge in [0.15, 0.2) is 5.16 Å². The van der Waals surface area contributed by atoms with Gasteiger partial charge in [0.2, 0.25) is 0 Å².